The van der Waals surface area contributed by atoms with Crippen molar-refractivity contribution in [2.75, 3.05) is 5.73 Å². The highest BCUT2D eigenvalue weighted by atomic mass is 127. The van der Waals surface area contributed by atoms with Crippen LogP contribution in [0.1, 0.15) is 5.56 Å². The van der Waals surface area contributed by atoms with E-state index in [4.69, 9.17) is 11.0 Å². The van der Waals surface area contributed by atoms with E-state index in [1.54, 1.807) is 22.6 Å². The molecule has 8 heteroatoms. The summed E-state index contributed by atoms with van der Waals surface area (Å²) in [6.45, 7) is 0. The second-order valence-corrected chi connectivity index (χ2v) is 3.47. The third kappa shape index (κ3) is 3.12. The zero-order valence-electron chi connectivity index (χ0n) is 6.97. The monoisotopic (exact) mass is 329 g/mol. The van der Waals surface area contributed by atoms with E-state index in [-0.39, 0.29) is 9.52 Å². The van der Waals surface area contributed by atoms with Crippen molar-refractivity contribution in [2.24, 2.45) is 0 Å². The molecule has 80 valence electrons. The van der Waals surface area contributed by atoms with E-state index < -0.39 is 17.7 Å². The molecule has 0 spiro atoms. The molecule has 4 nitrogen and oxygen atoms in total. The first-order valence-electron chi connectivity index (χ1n) is 3.45. The quantitative estimate of drug-likeness (QED) is 0.632. The summed E-state index contributed by atoms with van der Waals surface area (Å²) >= 11 is 1.67. The zero-order chi connectivity index (χ0) is 11.6. The normalized spacial score (nSPS) is 10.9. The number of aromatic nitrogens is 1. The van der Waals surface area contributed by atoms with Crippen LogP contribution in [-0.2, 0) is 0 Å². The highest BCUT2D eigenvalue weighted by Crippen LogP contribution is 2.29. The van der Waals surface area contributed by atoms with E-state index in [9.17, 15) is 13.2 Å². The van der Waals surface area contributed by atoms with Crippen LogP contribution in [0.15, 0.2) is 6.07 Å². The molecule has 0 radical (unpaired) electrons. The van der Waals surface area contributed by atoms with Crippen LogP contribution in [-0.4, -0.2) is 11.3 Å². The van der Waals surface area contributed by atoms with Crippen LogP contribution in [0, 0.1) is 15.0 Å². The minimum atomic E-state index is -4.86. The molecule has 2 N–H and O–H groups in total. The maximum absolute atomic E-state index is 11.9. The third-order valence-electron chi connectivity index (χ3n) is 1.32. The van der Waals surface area contributed by atoms with Crippen LogP contribution in [0.4, 0.5) is 19.0 Å². The van der Waals surface area contributed by atoms with Crippen molar-refractivity contribution in [3.05, 3.63) is 15.3 Å². The minimum Gasteiger partial charge on any atom is -0.404 e. The Morgan fingerprint density at radius 3 is 2.60 bits per heavy atom. The van der Waals surface area contributed by atoms with Crippen LogP contribution in [0.3, 0.4) is 0 Å². The summed E-state index contributed by atoms with van der Waals surface area (Å²) in [7, 11) is 0. The van der Waals surface area contributed by atoms with Crippen molar-refractivity contribution in [3.63, 3.8) is 0 Å². The molecule has 15 heavy (non-hydrogen) atoms. The number of nitrogen functional groups attached to an aromatic ring is 1. The van der Waals surface area contributed by atoms with E-state index in [0.29, 0.717) is 0 Å². The number of pyridine rings is 1. The summed E-state index contributed by atoms with van der Waals surface area (Å²) in [6.07, 6.45) is -4.86. The Morgan fingerprint density at radius 2 is 2.13 bits per heavy atom. The Balaban J connectivity index is 3.23. The van der Waals surface area contributed by atoms with Gasteiger partial charge in [-0.1, -0.05) is 0 Å². The lowest BCUT2D eigenvalue weighted by Gasteiger charge is -2.11. The lowest BCUT2D eigenvalue weighted by molar-refractivity contribution is -0.274. The number of nitriles is 1. The number of anilines is 1. The molecule has 0 saturated carbocycles. The molecule has 1 aromatic rings. The van der Waals surface area contributed by atoms with Crippen LogP contribution < -0.4 is 10.5 Å². The van der Waals surface area contributed by atoms with E-state index in [2.05, 4.69) is 9.72 Å². The Bertz CT molecular complexity index is 427. The Morgan fingerprint density at radius 1 is 1.53 bits per heavy atom. The molecular weight excluding hydrogens is 326 g/mol. The average molecular weight is 329 g/mol. The Labute approximate surface area is 96.0 Å². The molecule has 0 aliphatic rings. The fourth-order valence-electron chi connectivity index (χ4n) is 0.827. The number of hydrogen-bond acceptors (Lipinski definition) is 4. The van der Waals surface area contributed by atoms with Crippen molar-refractivity contribution in [1.29, 1.82) is 5.26 Å². The van der Waals surface area contributed by atoms with Gasteiger partial charge in [-0.05, 0) is 22.6 Å². The number of rotatable bonds is 1. The van der Waals surface area contributed by atoms with Crippen molar-refractivity contribution in [3.8, 4) is 11.8 Å². The third-order valence-corrected chi connectivity index (χ3v) is 1.87. The number of nitrogens with two attached hydrogens (primary N) is 1. The molecule has 0 atom stereocenters. The summed E-state index contributed by atoms with van der Waals surface area (Å²) in [5.74, 6) is -0.925. The van der Waals surface area contributed by atoms with E-state index in [1.807, 2.05) is 0 Å². The molecule has 0 amide bonds. The molecule has 0 bridgehead atoms. The van der Waals surface area contributed by atoms with Crippen molar-refractivity contribution in [2.45, 2.75) is 6.36 Å². The lowest BCUT2D eigenvalue weighted by atomic mass is 10.2. The number of alkyl halides is 3. The van der Waals surface area contributed by atoms with Gasteiger partial charge in [0, 0.05) is 6.07 Å². The smallest absolute Gasteiger partial charge is 0.404 e. The highest BCUT2D eigenvalue weighted by Gasteiger charge is 2.33. The van der Waals surface area contributed by atoms with Crippen LogP contribution >= 0.6 is 22.6 Å². The summed E-state index contributed by atoms with van der Waals surface area (Å²) in [5.41, 5.74) is 4.84. The predicted octanol–water partition coefficient (Wildman–Crippen LogP) is 2.04. The Kier molecular flexibility index (Phi) is 3.23. The van der Waals surface area contributed by atoms with Gasteiger partial charge in [-0.3, -0.25) is 0 Å². The first-order chi connectivity index (χ1) is 6.83. The molecule has 1 rings (SSSR count). The van der Waals surface area contributed by atoms with Gasteiger partial charge in [0.2, 0.25) is 0 Å². The summed E-state index contributed by atoms with van der Waals surface area (Å²) in [6, 6.07) is 2.49. The van der Waals surface area contributed by atoms with Crippen LogP contribution in [0.5, 0.6) is 5.75 Å². The van der Waals surface area contributed by atoms with E-state index >= 15 is 0 Å². The molecule has 0 saturated heterocycles. The first-order valence-corrected chi connectivity index (χ1v) is 4.53. The molecular formula is C7H3F3IN3O. The average Bonchev–Trinajstić information content (AvgIpc) is 1.99. The van der Waals surface area contributed by atoms with Gasteiger partial charge in [-0.25, -0.2) is 4.98 Å². The van der Waals surface area contributed by atoms with Gasteiger partial charge in [-0.2, -0.15) is 5.26 Å². The molecule has 0 fully saturated rings. The fourth-order valence-corrected chi connectivity index (χ4v) is 1.37. The standard InChI is InChI=1S/C7H3F3IN3O/c8-7(9,10)15-4-1-5(11)14-6(13)3(4)2-12/h1H,(H2,13,14). The maximum atomic E-state index is 11.9. The Hall–Kier alpha value is -1.24. The summed E-state index contributed by atoms with van der Waals surface area (Å²) in [4.78, 5) is 3.63. The van der Waals surface area contributed by atoms with Crippen LogP contribution in [0.25, 0.3) is 0 Å². The molecule has 0 aromatic carbocycles. The van der Waals surface area contributed by atoms with Crippen LogP contribution in [0.2, 0.25) is 0 Å². The lowest BCUT2D eigenvalue weighted by Crippen LogP contribution is -2.18. The van der Waals surface area contributed by atoms with Gasteiger partial charge in [0.1, 0.15) is 21.2 Å². The molecule has 1 heterocycles. The molecule has 0 aliphatic heterocycles. The first kappa shape index (κ1) is 11.8. The molecule has 0 unspecified atom stereocenters. The molecule has 0 aliphatic carbocycles. The van der Waals surface area contributed by atoms with Crippen molar-refractivity contribution >= 4 is 28.4 Å². The van der Waals surface area contributed by atoms with Gasteiger partial charge >= 0.3 is 6.36 Å². The van der Waals surface area contributed by atoms with Crippen molar-refractivity contribution < 1.29 is 17.9 Å². The summed E-state index contributed by atoms with van der Waals surface area (Å²) in [5, 5.41) is 8.57. The minimum absolute atomic E-state index is 0.211. The number of nitrogens with zero attached hydrogens (tertiary/aromatic N) is 2. The fraction of sp³-hybridized carbons (Fsp3) is 0.143. The van der Waals surface area contributed by atoms with Crippen molar-refractivity contribution in [1.82, 2.24) is 4.98 Å². The van der Waals surface area contributed by atoms with Gasteiger partial charge in [0.25, 0.3) is 0 Å². The van der Waals surface area contributed by atoms with Gasteiger partial charge in [0.05, 0.1) is 0 Å². The number of halogens is 4. The summed E-state index contributed by atoms with van der Waals surface area (Å²) < 4.78 is 39.6. The van der Waals surface area contributed by atoms with E-state index in [0.717, 1.165) is 6.07 Å². The number of hydrogen-bond donors (Lipinski definition) is 1. The van der Waals surface area contributed by atoms with Gasteiger partial charge in [-0.15, -0.1) is 13.2 Å². The second kappa shape index (κ2) is 4.09. The number of ether oxygens (including phenoxy) is 1. The zero-order valence-corrected chi connectivity index (χ0v) is 9.13. The van der Waals surface area contributed by atoms with E-state index in [1.165, 1.54) is 6.07 Å². The second-order valence-electron chi connectivity index (χ2n) is 2.36. The van der Waals surface area contributed by atoms with Gasteiger partial charge < -0.3 is 10.5 Å². The molecule has 1 aromatic heterocycles. The predicted molar refractivity (Wildman–Crippen MR) is 52.8 cm³/mol. The topological polar surface area (TPSA) is 71.9 Å². The largest absolute Gasteiger partial charge is 0.573 e. The SMILES string of the molecule is N#Cc1c(OC(F)(F)F)cc(I)nc1N. The maximum Gasteiger partial charge on any atom is 0.573 e. The van der Waals surface area contributed by atoms with Gasteiger partial charge in [0.15, 0.2) is 5.75 Å². The highest BCUT2D eigenvalue weighted by molar-refractivity contribution is 14.1.